The molecule has 0 saturated carbocycles. The second-order valence-corrected chi connectivity index (χ2v) is 13.4. The largest absolute Gasteiger partial charge is 0.394 e. The molecule has 4 heteroatoms. The average molecular weight is 632 g/mol. The van der Waals surface area contributed by atoms with Crippen molar-refractivity contribution in [2.24, 2.45) is 0 Å². The SMILES string of the molecule is CCCCC/C=C\C=C/CCCCCCCCC(=O)NC(CO)C(O)/C=C/CCCCCCCCCCCCCCCCCC. The van der Waals surface area contributed by atoms with Gasteiger partial charge in [0, 0.05) is 6.42 Å². The molecule has 0 fully saturated rings. The van der Waals surface area contributed by atoms with Crippen molar-refractivity contribution in [2.45, 2.75) is 212 Å². The average Bonchev–Trinajstić information content (AvgIpc) is 3.04. The van der Waals surface area contributed by atoms with Gasteiger partial charge in [0.2, 0.25) is 5.91 Å². The molecular weight excluding hydrogens is 554 g/mol. The normalized spacial score (nSPS) is 13.4. The lowest BCUT2D eigenvalue weighted by Crippen LogP contribution is -2.45. The topological polar surface area (TPSA) is 69.6 Å². The van der Waals surface area contributed by atoms with Gasteiger partial charge in [-0.05, 0) is 44.9 Å². The lowest BCUT2D eigenvalue weighted by atomic mass is 10.0. The molecule has 0 heterocycles. The first kappa shape index (κ1) is 43.6. The van der Waals surface area contributed by atoms with Crippen LogP contribution >= 0.6 is 0 Å². The number of allylic oxidation sites excluding steroid dienone is 5. The Labute approximate surface area is 281 Å². The second kappa shape index (κ2) is 37.1. The highest BCUT2D eigenvalue weighted by Crippen LogP contribution is 2.14. The fourth-order valence-electron chi connectivity index (χ4n) is 5.81. The predicted octanol–water partition coefficient (Wildman–Crippen LogP) is 11.8. The van der Waals surface area contributed by atoms with Gasteiger partial charge in [0.25, 0.3) is 0 Å². The van der Waals surface area contributed by atoms with E-state index in [0.29, 0.717) is 6.42 Å². The van der Waals surface area contributed by atoms with Crippen LogP contribution in [-0.2, 0) is 4.79 Å². The van der Waals surface area contributed by atoms with Gasteiger partial charge < -0.3 is 15.5 Å². The number of amides is 1. The van der Waals surface area contributed by atoms with Crippen molar-refractivity contribution in [1.29, 1.82) is 0 Å². The summed E-state index contributed by atoms with van der Waals surface area (Å²) in [6.07, 6.45) is 48.0. The maximum atomic E-state index is 12.3. The van der Waals surface area contributed by atoms with Crippen molar-refractivity contribution in [3.63, 3.8) is 0 Å². The van der Waals surface area contributed by atoms with Crippen LogP contribution in [0.25, 0.3) is 0 Å². The van der Waals surface area contributed by atoms with Crippen LogP contribution in [0.2, 0.25) is 0 Å². The van der Waals surface area contributed by atoms with E-state index < -0.39 is 12.1 Å². The molecule has 2 unspecified atom stereocenters. The van der Waals surface area contributed by atoms with E-state index in [1.165, 1.54) is 141 Å². The molecule has 45 heavy (non-hydrogen) atoms. The number of nitrogens with one attached hydrogen (secondary N) is 1. The van der Waals surface area contributed by atoms with Gasteiger partial charge in [-0.15, -0.1) is 0 Å². The summed E-state index contributed by atoms with van der Waals surface area (Å²) in [7, 11) is 0. The molecule has 0 aliphatic carbocycles. The zero-order valence-electron chi connectivity index (χ0n) is 30.1. The van der Waals surface area contributed by atoms with Crippen molar-refractivity contribution >= 4 is 5.91 Å². The summed E-state index contributed by atoms with van der Waals surface area (Å²) >= 11 is 0. The van der Waals surface area contributed by atoms with Crippen molar-refractivity contribution in [3.05, 3.63) is 36.5 Å². The van der Waals surface area contributed by atoms with Crippen LogP contribution in [0, 0.1) is 0 Å². The van der Waals surface area contributed by atoms with Crippen molar-refractivity contribution in [3.8, 4) is 0 Å². The fraction of sp³-hybridized carbons (Fsp3) is 0.829. The van der Waals surface area contributed by atoms with Gasteiger partial charge in [-0.1, -0.05) is 185 Å². The molecule has 0 rings (SSSR count). The molecule has 0 bridgehead atoms. The monoisotopic (exact) mass is 632 g/mol. The minimum absolute atomic E-state index is 0.0767. The van der Waals surface area contributed by atoms with Crippen molar-refractivity contribution < 1.29 is 15.0 Å². The first-order valence-corrected chi connectivity index (χ1v) is 19.7. The molecule has 0 aromatic rings. The standard InChI is InChI=1S/C41H77NO3/c1-3-5-7-9-11-13-15-17-19-20-21-23-24-26-28-30-32-34-36-40(44)39(38-43)42-41(45)37-35-33-31-29-27-25-22-18-16-14-12-10-8-6-4-2/h12,14,16,18,34,36,39-40,43-44H,3-11,13,15,17,19-33,35,37-38H2,1-2H3,(H,42,45)/b14-12-,18-16-,36-34+. The lowest BCUT2D eigenvalue weighted by molar-refractivity contribution is -0.123. The summed E-state index contributed by atoms with van der Waals surface area (Å²) in [6, 6.07) is -0.626. The third-order valence-electron chi connectivity index (χ3n) is 8.90. The molecule has 0 saturated heterocycles. The number of aliphatic hydroxyl groups is 2. The van der Waals surface area contributed by atoms with Gasteiger partial charge in [0.05, 0.1) is 18.8 Å². The number of aliphatic hydroxyl groups excluding tert-OH is 2. The van der Waals surface area contributed by atoms with E-state index >= 15 is 0 Å². The quantitative estimate of drug-likeness (QED) is 0.0370. The Balaban J connectivity index is 3.62. The number of hydrogen-bond donors (Lipinski definition) is 3. The Morgan fingerprint density at radius 3 is 1.33 bits per heavy atom. The van der Waals surface area contributed by atoms with Crippen molar-refractivity contribution in [2.75, 3.05) is 6.61 Å². The van der Waals surface area contributed by atoms with E-state index in [0.717, 1.165) is 38.5 Å². The third-order valence-corrected chi connectivity index (χ3v) is 8.90. The molecule has 0 spiro atoms. The Hall–Kier alpha value is -1.39. The molecule has 4 nitrogen and oxygen atoms in total. The van der Waals surface area contributed by atoms with Crippen LogP contribution in [0.3, 0.4) is 0 Å². The number of carbonyl (C=O) groups excluding carboxylic acids is 1. The zero-order chi connectivity index (χ0) is 32.9. The Morgan fingerprint density at radius 2 is 0.889 bits per heavy atom. The van der Waals surface area contributed by atoms with E-state index in [-0.39, 0.29) is 12.5 Å². The molecule has 1 amide bonds. The number of unbranched alkanes of at least 4 members (excludes halogenated alkanes) is 25. The first-order valence-electron chi connectivity index (χ1n) is 19.7. The molecule has 0 radical (unpaired) electrons. The summed E-state index contributed by atoms with van der Waals surface area (Å²) in [6.45, 7) is 4.27. The number of carbonyl (C=O) groups is 1. The molecule has 0 aliphatic heterocycles. The highest BCUT2D eigenvalue weighted by Gasteiger charge is 2.17. The summed E-state index contributed by atoms with van der Waals surface area (Å²) in [5, 5.41) is 22.9. The van der Waals surface area contributed by atoms with Gasteiger partial charge in [-0.25, -0.2) is 0 Å². The van der Waals surface area contributed by atoms with Crippen molar-refractivity contribution in [1.82, 2.24) is 5.32 Å². The number of hydrogen-bond acceptors (Lipinski definition) is 3. The van der Waals surface area contributed by atoms with Gasteiger partial charge in [-0.2, -0.15) is 0 Å². The van der Waals surface area contributed by atoms with Crippen LogP contribution in [-0.4, -0.2) is 34.9 Å². The molecule has 2 atom stereocenters. The number of rotatable bonds is 35. The molecule has 0 aromatic carbocycles. The van der Waals surface area contributed by atoms with E-state index in [1.807, 2.05) is 6.08 Å². The Morgan fingerprint density at radius 1 is 0.533 bits per heavy atom. The maximum absolute atomic E-state index is 12.3. The fourth-order valence-corrected chi connectivity index (χ4v) is 5.81. The highest BCUT2D eigenvalue weighted by atomic mass is 16.3. The van der Waals surface area contributed by atoms with Gasteiger partial charge in [0.1, 0.15) is 0 Å². The zero-order valence-corrected chi connectivity index (χ0v) is 30.1. The molecule has 264 valence electrons. The Bertz CT molecular complexity index is 686. The summed E-state index contributed by atoms with van der Waals surface area (Å²) in [5.41, 5.74) is 0. The lowest BCUT2D eigenvalue weighted by Gasteiger charge is -2.20. The molecule has 0 aromatic heterocycles. The van der Waals surface area contributed by atoms with Crippen LogP contribution in [0.1, 0.15) is 200 Å². The van der Waals surface area contributed by atoms with Crippen LogP contribution < -0.4 is 5.32 Å². The van der Waals surface area contributed by atoms with Gasteiger partial charge in [-0.3, -0.25) is 4.79 Å². The maximum Gasteiger partial charge on any atom is 0.220 e. The van der Waals surface area contributed by atoms with Crippen LogP contribution in [0.5, 0.6) is 0 Å². The van der Waals surface area contributed by atoms with Gasteiger partial charge >= 0.3 is 0 Å². The second-order valence-electron chi connectivity index (χ2n) is 13.4. The minimum Gasteiger partial charge on any atom is -0.394 e. The predicted molar refractivity (Wildman–Crippen MR) is 198 cm³/mol. The first-order chi connectivity index (χ1) is 22.2. The van der Waals surface area contributed by atoms with E-state index in [9.17, 15) is 15.0 Å². The highest BCUT2D eigenvalue weighted by molar-refractivity contribution is 5.76. The smallest absolute Gasteiger partial charge is 0.220 e. The van der Waals surface area contributed by atoms with E-state index in [1.54, 1.807) is 6.08 Å². The van der Waals surface area contributed by atoms with Crippen LogP contribution in [0.4, 0.5) is 0 Å². The third kappa shape index (κ3) is 33.8. The summed E-state index contributed by atoms with van der Waals surface area (Å²) in [5.74, 6) is -0.0767. The molecule has 3 N–H and O–H groups in total. The van der Waals surface area contributed by atoms with Gasteiger partial charge in [0.15, 0.2) is 0 Å². The molecule has 0 aliphatic rings. The minimum atomic E-state index is -0.842. The van der Waals surface area contributed by atoms with E-state index in [4.69, 9.17) is 0 Å². The Kier molecular flexibility index (Phi) is 35.9. The summed E-state index contributed by atoms with van der Waals surface area (Å²) in [4.78, 5) is 12.3. The molecular formula is C41H77NO3. The summed E-state index contributed by atoms with van der Waals surface area (Å²) < 4.78 is 0. The van der Waals surface area contributed by atoms with Crippen LogP contribution in [0.15, 0.2) is 36.5 Å². The van der Waals surface area contributed by atoms with E-state index in [2.05, 4.69) is 43.5 Å².